The SMILES string of the molecule is Cn1c(CN2CCCC2)nnc1C1CCN(C(=O)CN)CC1. The van der Waals surface area contributed by atoms with Gasteiger partial charge < -0.3 is 15.2 Å². The third kappa shape index (κ3) is 3.15. The first kappa shape index (κ1) is 15.4. The Morgan fingerprint density at radius 2 is 1.86 bits per heavy atom. The Morgan fingerprint density at radius 3 is 2.50 bits per heavy atom. The average Bonchev–Trinajstić information content (AvgIpc) is 3.18. The van der Waals surface area contributed by atoms with E-state index in [0.717, 1.165) is 44.1 Å². The lowest BCUT2D eigenvalue weighted by atomic mass is 9.96. The summed E-state index contributed by atoms with van der Waals surface area (Å²) in [5.41, 5.74) is 5.43. The number of hydrogen-bond acceptors (Lipinski definition) is 5. The highest BCUT2D eigenvalue weighted by atomic mass is 16.2. The minimum atomic E-state index is 0.0473. The molecule has 2 N–H and O–H groups in total. The third-order valence-electron chi connectivity index (χ3n) is 4.95. The van der Waals surface area contributed by atoms with Crippen LogP contribution in [0.3, 0.4) is 0 Å². The number of rotatable bonds is 4. The molecule has 0 aliphatic carbocycles. The quantitative estimate of drug-likeness (QED) is 0.852. The molecule has 122 valence electrons. The highest BCUT2D eigenvalue weighted by Crippen LogP contribution is 2.27. The monoisotopic (exact) mass is 306 g/mol. The van der Waals surface area contributed by atoms with E-state index in [-0.39, 0.29) is 12.5 Å². The average molecular weight is 306 g/mol. The van der Waals surface area contributed by atoms with Crippen molar-refractivity contribution < 1.29 is 4.79 Å². The molecule has 0 atom stereocenters. The second-order valence-corrected chi connectivity index (χ2v) is 6.38. The highest BCUT2D eigenvalue weighted by molar-refractivity contribution is 5.78. The van der Waals surface area contributed by atoms with E-state index >= 15 is 0 Å². The predicted molar refractivity (Wildman–Crippen MR) is 83.1 cm³/mol. The number of likely N-dealkylation sites (tertiary alicyclic amines) is 2. The minimum Gasteiger partial charge on any atom is -0.342 e. The molecule has 2 aliphatic rings. The summed E-state index contributed by atoms with van der Waals surface area (Å²) in [5, 5.41) is 8.83. The fourth-order valence-electron chi connectivity index (χ4n) is 3.53. The zero-order chi connectivity index (χ0) is 15.5. The van der Waals surface area contributed by atoms with Crippen molar-refractivity contribution in [3.63, 3.8) is 0 Å². The molecule has 2 aliphatic heterocycles. The second kappa shape index (κ2) is 6.75. The number of nitrogens with two attached hydrogens (primary N) is 1. The maximum Gasteiger partial charge on any atom is 0.236 e. The smallest absolute Gasteiger partial charge is 0.236 e. The van der Waals surface area contributed by atoms with Crippen LogP contribution in [0.25, 0.3) is 0 Å². The molecular formula is C15H26N6O. The number of nitrogens with zero attached hydrogens (tertiary/aromatic N) is 5. The van der Waals surface area contributed by atoms with Crippen molar-refractivity contribution in [1.82, 2.24) is 24.6 Å². The van der Waals surface area contributed by atoms with Crippen LogP contribution >= 0.6 is 0 Å². The normalized spacial score (nSPS) is 20.7. The molecule has 22 heavy (non-hydrogen) atoms. The first-order valence-electron chi connectivity index (χ1n) is 8.27. The molecule has 1 amide bonds. The van der Waals surface area contributed by atoms with Crippen LogP contribution in [0, 0.1) is 0 Å². The molecule has 0 unspecified atom stereocenters. The molecule has 1 aromatic rings. The topological polar surface area (TPSA) is 80.3 Å². The minimum absolute atomic E-state index is 0.0473. The van der Waals surface area contributed by atoms with E-state index < -0.39 is 0 Å². The molecular weight excluding hydrogens is 280 g/mol. The lowest BCUT2D eigenvalue weighted by Gasteiger charge is -2.31. The van der Waals surface area contributed by atoms with Gasteiger partial charge >= 0.3 is 0 Å². The number of piperidine rings is 1. The predicted octanol–water partition coefficient (Wildman–Crippen LogP) is 0.0756. The number of aromatic nitrogens is 3. The summed E-state index contributed by atoms with van der Waals surface area (Å²) in [4.78, 5) is 15.9. The van der Waals surface area contributed by atoms with Gasteiger partial charge in [-0.25, -0.2) is 0 Å². The van der Waals surface area contributed by atoms with E-state index in [4.69, 9.17) is 5.73 Å². The Morgan fingerprint density at radius 1 is 1.18 bits per heavy atom. The summed E-state index contributed by atoms with van der Waals surface area (Å²) in [6, 6.07) is 0. The van der Waals surface area contributed by atoms with E-state index in [0.29, 0.717) is 5.92 Å². The van der Waals surface area contributed by atoms with Crippen LogP contribution in [0.15, 0.2) is 0 Å². The summed E-state index contributed by atoms with van der Waals surface area (Å²) >= 11 is 0. The molecule has 3 heterocycles. The number of hydrogen-bond donors (Lipinski definition) is 1. The molecule has 1 aromatic heterocycles. The first-order chi connectivity index (χ1) is 10.7. The second-order valence-electron chi connectivity index (χ2n) is 6.38. The Hall–Kier alpha value is -1.47. The third-order valence-corrected chi connectivity index (χ3v) is 4.95. The van der Waals surface area contributed by atoms with Crippen LogP contribution in [0.2, 0.25) is 0 Å². The van der Waals surface area contributed by atoms with Gasteiger partial charge in [-0.15, -0.1) is 10.2 Å². The van der Waals surface area contributed by atoms with Crippen molar-refractivity contribution in [2.24, 2.45) is 12.8 Å². The molecule has 0 bridgehead atoms. The molecule has 2 saturated heterocycles. The molecule has 3 rings (SSSR count). The van der Waals surface area contributed by atoms with E-state index in [2.05, 4.69) is 26.7 Å². The van der Waals surface area contributed by atoms with E-state index in [1.54, 1.807) is 0 Å². The largest absolute Gasteiger partial charge is 0.342 e. The van der Waals surface area contributed by atoms with Crippen LogP contribution in [0.4, 0.5) is 0 Å². The lowest BCUT2D eigenvalue weighted by Crippen LogP contribution is -2.41. The first-order valence-corrected chi connectivity index (χ1v) is 8.27. The number of carbonyl (C=O) groups is 1. The van der Waals surface area contributed by atoms with Gasteiger partial charge in [-0.1, -0.05) is 0 Å². The molecule has 0 saturated carbocycles. The molecule has 0 radical (unpaired) electrons. The Bertz CT molecular complexity index is 514. The van der Waals surface area contributed by atoms with Gasteiger partial charge in [0.2, 0.25) is 5.91 Å². The molecule has 2 fully saturated rings. The molecule has 0 aromatic carbocycles. The fraction of sp³-hybridized carbons (Fsp3) is 0.800. The van der Waals surface area contributed by atoms with Crippen molar-refractivity contribution in [2.45, 2.75) is 38.1 Å². The van der Waals surface area contributed by atoms with E-state index in [1.165, 1.54) is 25.9 Å². The summed E-state index contributed by atoms with van der Waals surface area (Å²) in [6.07, 6.45) is 4.47. The van der Waals surface area contributed by atoms with Crippen LogP contribution in [0.5, 0.6) is 0 Å². The van der Waals surface area contributed by atoms with Crippen molar-refractivity contribution in [2.75, 3.05) is 32.7 Å². The summed E-state index contributed by atoms with van der Waals surface area (Å²) < 4.78 is 2.16. The number of amides is 1. The summed E-state index contributed by atoms with van der Waals surface area (Å²) in [6.45, 7) is 4.89. The van der Waals surface area contributed by atoms with Gasteiger partial charge in [0.15, 0.2) is 0 Å². The number of carbonyl (C=O) groups excluding carboxylic acids is 1. The van der Waals surface area contributed by atoms with E-state index in [9.17, 15) is 4.79 Å². The van der Waals surface area contributed by atoms with Gasteiger partial charge in [-0.3, -0.25) is 9.69 Å². The van der Waals surface area contributed by atoms with Crippen molar-refractivity contribution in [1.29, 1.82) is 0 Å². The maximum absolute atomic E-state index is 11.6. The van der Waals surface area contributed by atoms with Crippen molar-refractivity contribution >= 4 is 5.91 Å². The van der Waals surface area contributed by atoms with Gasteiger partial charge in [0.05, 0.1) is 13.1 Å². The Labute approximate surface area is 131 Å². The summed E-state index contributed by atoms with van der Waals surface area (Å²) in [5.74, 6) is 2.56. The van der Waals surface area contributed by atoms with Crippen LogP contribution in [-0.4, -0.2) is 63.2 Å². The zero-order valence-electron chi connectivity index (χ0n) is 13.4. The molecule has 7 heteroatoms. The summed E-state index contributed by atoms with van der Waals surface area (Å²) in [7, 11) is 2.07. The Kier molecular flexibility index (Phi) is 4.73. The van der Waals surface area contributed by atoms with E-state index in [1.807, 2.05) is 4.90 Å². The van der Waals surface area contributed by atoms with Crippen LogP contribution in [0.1, 0.15) is 43.3 Å². The fourth-order valence-corrected chi connectivity index (χ4v) is 3.53. The maximum atomic E-state index is 11.6. The van der Waals surface area contributed by atoms with Crippen LogP contribution < -0.4 is 5.73 Å². The lowest BCUT2D eigenvalue weighted by molar-refractivity contribution is -0.130. The van der Waals surface area contributed by atoms with Gasteiger partial charge in [0, 0.05) is 26.1 Å². The molecule has 0 spiro atoms. The molecule has 7 nitrogen and oxygen atoms in total. The van der Waals surface area contributed by atoms with Gasteiger partial charge in [-0.2, -0.15) is 0 Å². The standard InChI is InChI=1S/C15H26N6O/c1-19-13(11-20-6-2-3-7-20)17-18-15(19)12-4-8-21(9-5-12)14(22)10-16/h12H,2-11,16H2,1H3. The van der Waals surface area contributed by atoms with Crippen molar-refractivity contribution in [3.05, 3.63) is 11.6 Å². The van der Waals surface area contributed by atoms with Crippen LogP contribution in [-0.2, 0) is 18.4 Å². The highest BCUT2D eigenvalue weighted by Gasteiger charge is 2.27. The Balaban J connectivity index is 1.61. The van der Waals surface area contributed by atoms with Crippen molar-refractivity contribution in [3.8, 4) is 0 Å². The van der Waals surface area contributed by atoms with Gasteiger partial charge in [0.25, 0.3) is 0 Å². The van der Waals surface area contributed by atoms with Gasteiger partial charge in [-0.05, 0) is 38.8 Å². The van der Waals surface area contributed by atoms with Gasteiger partial charge in [0.1, 0.15) is 11.6 Å². The zero-order valence-corrected chi connectivity index (χ0v) is 13.4.